The van der Waals surface area contributed by atoms with E-state index in [9.17, 15) is 48.3 Å². The number of H-pyrrole nitrogens is 1. The molecule has 0 aliphatic carbocycles. The van der Waals surface area contributed by atoms with E-state index in [1.165, 1.54) is 12.4 Å². The molecule has 0 atom stereocenters. The summed E-state index contributed by atoms with van der Waals surface area (Å²) >= 11 is 0. The fraction of sp³-hybridized carbons (Fsp3) is 0.400. The Labute approximate surface area is 149 Å². The third-order valence-electron chi connectivity index (χ3n) is 3.83. The summed E-state index contributed by atoms with van der Waals surface area (Å²) < 4.78 is 146. The number of rotatable bonds is 7. The summed E-state index contributed by atoms with van der Waals surface area (Å²) in [5.74, 6) is -33.6. The summed E-state index contributed by atoms with van der Waals surface area (Å²) in [5, 5.41) is 0. The number of benzene rings is 1. The van der Waals surface area contributed by atoms with Crippen LogP contribution in [0.1, 0.15) is 5.56 Å². The first-order valence-electron chi connectivity index (χ1n) is 7.19. The fourth-order valence-electron chi connectivity index (χ4n) is 2.15. The molecule has 0 amide bonds. The number of aromatic amines is 1. The average Bonchev–Trinajstić information content (AvgIpc) is 3.15. The highest BCUT2D eigenvalue weighted by Crippen LogP contribution is 2.59. The van der Waals surface area contributed by atoms with Crippen LogP contribution < -0.4 is 0 Å². The summed E-state index contributed by atoms with van der Waals surface area (Å²) in [6.45, 7) is -3.46. The van der Waals surface area contributed by atoms with Gasteiger partial charge in [0, 0.05) is 23.5 Å². The van der Waals surface area contributed by atoms with Crippen molar-refractivity contribution in [3.05, 3.63) is 42.2 Å². The molecule has 28 heavy (non-hydrogen) atoms. The van der Waals surface area contributed by atoms with Gasteiger partial charge in [0.15, 0.2) is 6.67 Å². The minimum absolute atomic E-state index is 0.0499. The van der Waals surface area contributed by atoms with E-state index in [0.29, 0.717) is 0 Å². The molecule has 1 N–H and O–H groups in total. The van der Waals surface area contributed by atoms with Crippen LogP contribution in [0.3, 0.4) is 0 Å². The molecule has 0 fully saturated rings. The molecule has 2 nitrogen and oxygen atoms in total. The van der Waals surface area contributed by atoms with E-state index in [1.54, 1.807) is 0 Å². The fourth-order valence-corrected chi connectivity index (χ4v) is 2.15. The zero-order valence-corrected chi connectivity index (χ0v) is 13.3. The second-order valence-electron chi connectivity index (χ2n) is 5.65. The van der Waals surface area contributed by atoms with Crippen LogP contribution in [0.25, 0.3) is 11.4 Å². The van der Waals surface area contributed by atoms with Crippen molar-refractivity contribution in [3.63, 3.8) is 0 Å². The number of alkyl halides is 11. The van der Waals surface area contributed by atoms with E-state index in [-0.39, 0.29) is 23.5 Å². The highest BCUT2D eigenvalue weighted by molar-refractivity contribution is 5.55. The van der Waals surface area contributed by atoms with Crippen LogP contribution in [0.15, 0.2) is 36.7 Å². The van der Waals surface area contributed by atoms with Crippen LogP contribution in [0, 0.1) is 0 Å². The maximum atomic E-state index is 14.0. The largest absolute Gasteiger partial charge is 0.384 e. The van der Waals surface area contributed by atoms with Gasteiger partial charge in [-0.1, -0.05) is 24.3 Å². The van der Waals surface area contributed by atoms with Crippen molar-refractivity contribution in [1.29, 1.82) is 0 Å². The van der Waals surface area contributed by atoms with Crippen LogP contribution in [0.2, 0.25) is 0 Å². The quantitative estimate of drug-likeness (QED) is 0.568. The summed E-state index contributed by atoms with van der Waals surface area (Å²) in [5.41, 5.74) is -1.80. The van der Waals surface area contributed by atoms with Gasteiger partial charge >= 0.3 is 29.6 Å². The van der Waals surface area contributed by atoms with E-state index in [2.05, 4.69) is 9.97 Å². The van der Waals surface area contributed by atoms with Gasteiger partial charge in [-0.3, -0.25) is 0 Å². The molecule has 0 aliphatic heterocycles. The molecule has 2 rings (SSSR count). The molecule has 1 heterocycles. The number of hydrogen-bond acceptors (Lipinski definition) is 1. The topological polar surface area (TPSA) is 28.7 Å². The molecule has 0 unspecified atom stereocenters. The minimum Gasteiger partial charge on any atom is -0.345 e. The lowest BCUT2D eigenvalue weighted by Gasteiger charge is -2.38. The van der Waals surface area contributed by atoms with Crippen LogP contribution in [-0.4, -0.2) is 40.3 Å². The van der Waals surface area contributed by atoms with Crippen molar-refractivity contribution in [2.24, 2.45) is 0 Å². The minimum atomic E-state index is -7.29. The number of aromatic nitrogens is 2. The van der Waals surface area contributed by atoms with Crippen molar-refractivity contribution in [2.45, 2.75) is 29.6 Å². The normalized spacial score (nSPS) is 14.4. The van der Waals surface area contributed by atoms with E-state index in [4.69, 9.17) is 0 Å². The lowest BCUT2D eigenvalue weighted by atomic mass is 9.91. The maximum absolute atomic E-state index is 14.0. The molecular formula is C15H9F11N2. The smallest absolute Gasteiger partial charge is 0.345 e. The number of hydrogen-bond donors (Lipinski definition) is 1. The number of halogens is 11. The number of nitrogens with one attached hydrogen (secondary N) is 1. The molecule has 0 saturated heterocycles. The van der Waals surface area contributed by atoms with Crippen LogP contribution in [0.4, 0.5) is 48.3 Å². The predicted molar refractivity (Wildman–Crippen MR) is 73.7 cm³/mol. The zero-order chi connectivity index (χ0) is 21.6. The lowest BCUT2D eigenvalue weighted by Crippen LogP contribution is -2.66. The Hall–Kier alpha value is -2.34. The van der Waals surface area contributed by atoms with E-state index >= 15 is 0 Å². The summed E-state index contributed by atoms with van der Waals surface area (Å²) in [6, 6.07) is 1.91. The highest BCUT2D eigenvalue weighted by Gasteiger charge is 2.86. The second-order valence-corrected chi connectivity index (χ2v) is 5.65. The van der Waals surface area contributed by atoms with Gasteiger partial charge in [0.25, 0.3) is 0 Å². The van der Waals surface area contributed by atoms with Gasteiger partial charge in [0.2, 0.25) is 0 Å². The Bertz CT molecular complexity index is 798. The van der Waals surface area contributed by atoms with E-state index < -0.39 is 41.9 Å². The standard InChI is InChI=1S/C15H9F11N2/c16-7-11(17,18)13(21,22)15(25,26)14(23,24)12(19,20)9-3-1-8(2-4-9)10-27-5-6-28-10/h1-6H,7H2,(H,27,28). The van der Waals surface area contributed by atoms with E-state index in [1.807, 2.05) is 0 Å². The van der Waals surface area contributed by atoms with Crippen molar-refractivity contribution < 1.29 is 48.3 Å². The van der Waals surface area contributed by atoms with Crippen LogP contribution >= 0.6 is 0 Å². The Morgan fingerprint density at radius 3 is 1.71 bits per heavy atom. The predicted octanol–water partition coefficient (Wildman–Crippen LogP) is 5.68. The molecule has 0 saturated carbocycles. The molecule has 13 heteroatoms. The third-order valence-corrected chi connectivity index (χ3v) is 3.83. The Morgan fingerprint density at radius 1 is 0.750 bits per heavy atom. The van der Waals surface area contributed by atoms with Gasteiger partial charge in [-0.25, -0.2) is 9.37 Å². The van der Waals surface area contributed by atoms with Gasteiger partial charge in [-0.05, 0) is 0 Å². The first-order valence-corrected chi connectivity index (χ1v) is 7.19. The maximum Gasteiger partial charge on any atom is 0.384 e. The molecule has 0 spiro atoms. The molecule has 1 aromatic carbocycles. The average molecular weight is 426 g/mol. The summed E-state index contributed by atoms with van der Waals surface area (Å²) in [4.78, 5) is 6.23. The van der Waals surface area contributed by atoms with Gasteiger partial charge in [0.1, 0.15) is 5.82 Å². The van der Waals surface area contributed by atoms with Gasteiger partial charge in [-0.15, -0.1) is 0 Å². The van der Waals surface area contributed by atoms with Crippen molar-refractivity contribution >= 4 is 0 Å². The highest BCUT2D eigenvalue weighted by atomic mass is 19.4. The Morgan fingerprint density at radius 2 is 1.29 bits per heavy atom. The Balaban J connectivity index is 2.47. The number of imidazole rings is 1. The summed E-state index contributed by atoms with van der Waals surface area (Å²) in [6.07, 6.45) is 2.57. The van der Waals surface area contributed by atoms with Crippen molar-refractivity contribution in [1.82, 2.24) is 9.97 Å². The Kier molecular flexibility index (Phi) is 5.19. The second kappa shape index (κ2) is 6.62. The molecule has 156 valence electrons. The van der Waals surface area contributed by atoms with Gasteiger partial charge in [0.05, 0.1) is 0 Å². The molecular weight excluding hydrogens is 417 g/mol. The molecule has 1 aromatic heterocycles. The van der Waals surface area contributed by atoms with Crippen LogP contribution in [-0.2, 0) is 5.92 Å². The van der Waals surface area contributed by atoms with Gasteiger partial charge in [-0.2, -0.15) is 43.9 Å². The van der Waals surface area contributed by atoms with Gasteiger partial charge < -0.3 is 4.98 Å². The SMILES string of the molecule is FCC(F)(F)C(F)(F)C(F)(F)C(F)(F)C(F)(F)c1ccc(-c2ncc[nH]2)cc1. The summed E-state index contributed by atoms with van der Waals surface area (Å²) in [7, 11) is 0. The molecule has 2 aromatic rings. The van der Waals surface area contributed by atoms with Crippen LogP contribution in [0.5, 0.6) is 0 Å². The monoisotopic (exact) mass is 426 g/mol. The van der Waals surface area contributed by atoms with Crippen molar-refractivity contribution in [3.8, 4) is 11.4 Å². The number of nitrogens with zero attached hydrogens (tertiary/aromatic N) is 1. The lowest BCUT2D eigenvalue weighted by molar-refractivity contribution is -0.405. The van der Waals surface area contributed by atoms with E-state index in [0.717, 1.165) is 12.1 Å². The third kappa shape index (κ3) is 3.00. The molecule has 0 bridgehead atoms. The molecule has 0 aliphatic rings. The van der Waals surface area contributed by atoms with Crippen molar-refractivity contribution in [2.75, 3.05) is 6.67 Å². The first-order chi connectivity index (χ1) is 12.6. The zero-order valence-electron chi connectivity index (χ0n) is 13.3. The molecule has 0 radical (unpaired) electrons. The first kappa shape index (κ1) is 22.0.